The van der Waals surface area contributed by atoms with Crippen molar-refractivity contribution in [2.24, 2.45) is 0 Å². The van der Waals surface area contributed by atoms with Crippen molar-refractivity contribution in [1.29, 1.82) is 0 Å². The molecule has 0 spiro atoms. The van der Waals surface area contributed by atoms with Crippen LogP contribution in [0.2, 0.25) is 0 Å². The number of nitrogens with one attached hydrogen (secondary N) is 2. The molecule has 19 heavy (non-hydrogen) atoms. The molecule has 2 heterocycles. The van der Waals surface area contributed by atoms with E-state index in [1.54, 1.807) is 0 Å². The zero-order valence-electron chi connectivity index (χ0n) is 13.0. The molecule has 2 rings (SSSR count). The van der Waals surface area contributed by atoms with Gasteiger partial charge in [0, 0.05) is 36.4 Å². The highest BCUT2D eigenvalue weighted by Gasteiger charge is 2.37. The van der Waals surface area contributed by atoms with Crippen molar-refractivity contribution < 1.29 is 0 Å². The van der Waals surface area contributed by atoms with E-state index in [0.29, 0.717) is 6.04 Å². The van der Waals surface area contributed by atoms with Gasteiger partial charge in [-0.25, -0.2) is 4.98 Å². The Bertz CT molecular complexity index is 404. The Labute approximate surface area is 117 Å². The lowest BCUT2D eigenvalue weighted by molar-refractivity contribution is 0.145. The van der Waals surface area contributed by atoms with Crippen LogP contribution in [-0.2, 0) is 13.1 Å². The molecule has 1 saturated heterocycles. The third-order valence-corrected chi connectivity index (χ3v) is 3.90. The maximum atomic E-state index is 4.22. The predicted molar refractivity (Wildman–Crippen MR) is 79.1 cm³/mol. The molecular weight excluding hydrogens is 236 g/mol. The summed E-state index contributed by atoms with van der Waals surface area (Å²) >= 11 is 0. The van der Waals surface area contributed by atoms with Crippen LogP contribution in [0.3, 0.4) is 0 Å². The van der Waals surface area contributed by atoms with Gasteiger partial charge in [0.2, 0.25) is 0 Å². The Morgan fingerprint density at radius 3 is 2.53 bits per heavy atom. The van der Waals surface area contributed by atoms with Gasteiger partial charge in [0.1, 0.15) is 0 Å². The van der Waals surface area contributed by atoms with E-state index in [0.717, 1.165) is 25.9 Å². The first-order valence-electron chi connectivity index (χ1n) is 7.33. The maximum absolute atomic E-state index is 4.22. The second kappa shape index (κ2) is 5.25. The Balaban J connectivity index is 1.96. The molecule has 1 aromatic rings. The van der Waals surface area contributed by atoms with Gasteiger partial charge in [-0.2, -0.15) is 0 Å². The van der Waals surface area contributed by atoms with Crippen molar-refractivity contribution in [3.05, 3.63) is 18.2 Å². The molecule has 0 aromatic carbocycles. The molecule has 4 nitrogen and oxygen atoms in total. The van der Waals surface area contributed by atoms with E-state index in [9.17, 15) is 0 Å². The molecule has 0 saturated carbocycles. The highest BCUT2D eigenvalue weighted by Crippen LogP contribution is 2.28. The van der Waals surface area contributed by atoms with Gasteiger partial charge in [-0.3, -0.25) is 0 Å². The normalized spacial score (nSPS) is 22.6. The molecule has 4 heteroatoms. The van der Waals surface area contributed by atoms with Crippen molar-refractivity contribution in [1.82, 2.24) is 20.2 Å². The van der Waals surface area contributed by atoms with Crippen LogP contribution in [0.4, 0.5) is 0 Å². The van der Waals surface area contributed by atoms with E-state index in [1.165, 1.54) is 5.69 Å². The van der Waals surface area contributed by atoms with E-state index >= 15 is 0 Å². The number of aromatic nitrogens is 2. The topological polar surface area (TPSA) is 41.9 Å². The summed E-state index contributed by atoms with van der Waals surface area (Å²) in [6, 6.07) is 0.562. The lowest BCUT2D eigenvalue weighted by atomic mass is 9.79. The monoisotopic (exact) mass is 264 g/mol. The summed E-state index contributed by atoms with van der Waals surface area (Å²) < 4.78 is 2.20. The summed E-state index contributed by atoms with van der Waals surface area (Å²) in [7, 11) is 0. The van der Waals surface area contributed by atoms with Crippen LogP contribution >= 0.6 is 0 Å². The second-order valence-electron chi connectivity index (χ2n) is 7.05. The largest absolute Gasteiger partial charge is 0.334 e. The van der Waals surface area contributed by atoms with Crippen molar-refractivity contribution in [3.63, 3.8) is 0 Å². The molecule has 0 atom stereocenters. The zero-order chi connectivity index (χ0) is 14.1. The Morgan fingerprint density at radius 1 is 1.32 bits per heavy atom. The zero-order valence-corrected chi connectivity index (χ0v) is 13.0. The number of piperidine rings is 1. The third-order valence-electron chi connectivity index (χ3n) is 3.90. The maximum Gasteiger partial charge on any atom is 0.0948 e. The molecule has 1 fully saturated rings. The molecule has 1 aliphatic rings. The average molecular weight is 264 g/mol. The van der Waals surface area contributed by atoms with Crippen LogP contribution in [-0.4, -0.2) is 26.7 Å². The first kappa shape index (κ1) is 14.5. The first-order chi connectivity index (χ1) is 8.81. The van der Waals surface area contributed by atoms with E-state index < -0.39 is 0 Å². The fourth-order valence-corrected chi connectivity index (χ4v) is 3.50. The van der Waals surface area contributed by atoms with Gasteiger partial charge in [-0.05, 0) is 47.5 Å². The van der Waals surface area contributed by atoms with Crippen molar-refractivity contribution in [3.8, 4) is 0 Å². The number of aryl methyl sites for hydroxylation is 1. The number of imidazole rings is 1. The van der Waals surface area contributed by atoms with Gasteiger partial charge >= 0.3 is 0 Å². The van der Waals surface area contributed by atoms with Gasteiger partial charge in [0.15, 0.2) is 0 Å². The molecular formula is C15H28N4. The van der Waals surface area contributed by atoms with Gasteiger partial charge in [-0.1, -0.05) is 0 Å². The van der Waals surface area contributed by atoms with Gasteiger partial charge in [0.05, 0.1) is 12.0 Å². The quantitative estimate of drug-likeness (QED) is 0.877. The minimum Gasteiger partial charge on any atom is -0.334 e. The first-order valence-corrected chi connectivity index (χ1v) is 7.33. The van der Waals surface area contributed by atoms with E-state index in [4.69, 9.17) is 0 Å². The van der Waals surface area contributed by atoms with Crippen LogP contribution in [0, 0.1) is 0 Å². The highest BCUT2D eigenvalue weighted by molar-refractivity contribution is 5.02. The van der Waals surface area contributed by atoms with Crippen LogP contribution in [0.1, 0.15) is 53.2 Å². The third kappa shape index (κ3) is 3.80. The summed E-state index contributed by atoms with van der Waals surface area (Å²) in [5, 5.41) is 7.43. The molecule has 0 aliphatic carbocycles. The summed E-state index contributed by atoms with van der Waals surface area (Å²) in [4.78, 5) is 4.22. The standard InChI is InChI=1S/C15H28N4/c1-6-19-11-16-9-13(19)10-17-12-7-14(2,3)18-15(4,5)8-12/h9,11-12,17-18H,6-8,10H2,1-5H3. The highest BCUT2D eigenvalue weighted by atomic mass is 15.1. The van der Waals surface area contributed by atoms with Crippen LogP contribution in [0.25, 0.3) is 0 Å². The summed E-state index contributed by atoms with van der Waals surface area (Å²) in [6.45, 7) is 13.2. The van der Waals surface area contributed by atoms with Gasteiger partial charge in [-0.15, -0.1) is 0 Å². The molecule has 108 valence electrons. The molecule has 2 N–H and O–H groups in total. The Hall–Kier alpha value is -0.870. The molecule has 1 aliphatic heterocycles. The number of hydrogen-bond acceptors (Lipinski definition) is 3. The van der Waals surface area contributed by atoms with Crippen molar-refractivity contribution in [2.45, 2.75) is 77.7 Å². The smallest absolute Gasteiger partial charge is 0.0948 e. The van der Waals surface area contributed by atoms with Gasteiger partial charge < -0.3 is 15.2 Å². The Morgan fingerprint density at radius 2 is 1.95 bits per heavy atom. The number of nitrogens with zero attached hydrogens (tertiary/aromatic N) is 2. The van der Waals surface area contributed by atoms with Gasteiger partial charge in [0.25, 0.3) is 0 Å². The number of rotatable bonds is 4. The fraction of sp³-hybridized carbons (Fsp3) is 0.800. The molecule has 0 amide bonds. The molecule has 1 aromatic heterocycles. The molecule has 0 unspecified atom stereocenters. The van der Waals surface area contributed by atoms with E-state index in [1.807, 2.05) is 12.5 Å². The van der Waals surface area contributed by atoms with Crippen LogP contribution in [0.5, 0.6) is 0 Å². The summed E-state index contributed by atoms with van der Waals surface area (Å²) in [5.41, 5.74) is 1.67. The lowest BCUT2D eigenvalue weighted by Crippen LogP contribution is -2.61. The molecule has 0 bridgehead atoms. The summed E-state index contributed by atoms with van der Waals surface area (Å²) in [6.07, 6.45) is 6.20. The predicted octanol–water partition coefficient (Wildman–Crippen LogP) is 2.30. The van der Waals surface area contributed by atoms with E-state index in [-0.39, 0.29) is 11.1 Å². The second-order valence-corrected chi connectivity index (χ2v) is 7.05. The Kier molecular flexibility index (Phi) is 4.02. The van der Waals surface area contributed by atoms with E-state index in [2.05, 4.69) is 54.8 Å². The van der Waals surface area contributed by atoms with Crippen molar-refractivity contribution in [2.75, 3.05) is 0 Å². The average Bonchev–Trinajstić information content (AvgIpc) is 2.69. The minimum atomic E-state index is 0.199. The number of hydrogen-bond donors (Lipinski definition) is 2. The van der Waals surface area contributed by atoms with Crippen molar-refractivity contribution >= 4 is 0 Å². The lowest BCUT2D eigenvalue weighted by Gasteiger charge is -2.46. The summed E-state index contributed by atoms with van der Waals surface area (Å²) in [5.74, 6) is 0. The SMILES string of the molecule is CCn1cncc1CNC1CC(C)(C)NC(C)(C)C1. The minimum absolute atomic E-state index is 0.199. The fourth-order valence-electron chi connectivity index (χ4n) is 3.50. The van der Waals surface area contributed by atoms with Crippen LogP contribution in [0.15, 0.2) is 12.5 Å². The van der Waals surface area contributed by atoms with Crippen LogP contribution < -0.4 is 10.6 Å². The molecule has 0 radical (unpaired) electrons.